The fourth-order valence-electron chi connectivity index (χ4n) is 4.34. The number of fused-ring (bicyclic) bond motifs is 2. The maximum atomic E-state index is 5.63. The van der Waals surface area contributed by atoms with E-state index in [4.69, 9.17) is 4.74 Å². The van der Waals surface area contributed by atoms with Crippen LogP contribution >= 0.6 is 0 Å². The lowest BCUT2D eigenvalue weighted by atomic mass is 9.89. The molecule has 5 rings (SSSR count). The number of hydrogen-bond acceptors (Lipinski definition) is 6. The van der Waals surface area contributed by atoms with Gasteiger partial charge in [0.2, 0.25) is 5.95 Å². The molecule has 0 aliphatic heterocycles. The number of rotatable bonds is 6. The normalized spacial score (nSPS) is 19.0. The molecule has 4 aromatic heterocycles. The number of imidazole rings is 1. The van der Waals surface area contributed by atoms with Crippen LogP contribution in [0.2, 0.25) is 0 Å². The molecule has 0 bridgehead atoms. The molecule has 0 atom stereocenters. The van der Waals surface area contributed by atoms with Crippen molar-refractivity contribution in [1.29, 1.82) is 0 Å². The largest absolute Gasteiger partial charge is 0.378 e. The molecule has 1 N–H and O–H groups in total. The van der Waals surface area contributed by atoms with Crippen molar-refractivity contribution < 1.29 is 4.74 Å². The van der Waals surface area contributed by atoms with E-state index in [1.165, 1.54) is 0 Å². The van der Waals surface area contributed by atoms with E-state index in [-0.39, 0.29) is 0 Å². The van der Waals surface area contributed by atoms with E-state index >= 15 is 0 Å². The van der Waals surface area contributed by atoms with E-state index in [1.807, 2.05) is 37.0 Å². The Morgan fingerprint density at radius 1 is 1.20 bits per heavy atom. The zero-order chi connectivity index (χ0) is 20.8. The quantitative estimate of drug-likeness (QED) is 0.522. The predicted molar refractivity (Wildman–Crippen MR) is 117 cm³/mol. The molecular weight excluding hydrogens is 378 g/mol. The van der Waals surface area contributed by atoms with Gasteiger partial charge in [0.25, 0.3) is 0 Å². The van der Waals surface area contributed by atoms with Crippen LogP contribution in [0, 0.1) is 6.92 Å². The van der Waals surface area contributed by atoms with Gasteiger partial charge < -0.3 is 14.6 Å². The van der Waals surface area contributed by atoms with Gasteiger partial charge in [0.05, 0.1) is 23.3 Å². The highest BCUT2D eigenvalue weighted by molar-refractivity contribution is 5.85. The third-order valence-corrected chi connectivity index (χ3v) is 5.80. The number of nitrogens with zero attached hydrogens (tertiary/aromatic N) is 6. The first-order valence-corrected chi connectivity index (χ1v) is 10.6. The number of pyridine rings is 1. The first-order chi connectivity index (χ1) is 14.5. The minimum Gasteiger partial charge on any atom is -0.378 e. The molecule has 0 aromatic carbocycles. The minimum absolute atomic E-state index is 0.323. The van der Waals surface area contributed by atoms with Gasteiger partial charge in [-0.3, -0.25) is 0 Å². The highest BCUT2D eigenvalue weighted by Gasteiger charge is 2.30. The molecule has 8 heteroatoms. The van der Waals surface area contributed by atoms with Gasteiger partial charge in [-0.25, -0.2) is 19.5 Å². The Kier molecular flexibility index (Phi) is 4.66. The molecule has 0 unspecified atom stereocenters. The average Bonchev–Trinajstić information content (AvgIpc) is 3.25. The molecule has 1 aliphatic carbocycles. The van der Waals surface area contributed by atoms with E-state index in [0.29, 0.717) is 24.1 Å². The number of aryl methyl sites for hydroxylation is 1. The molecule has 0 radical (unpaired) electrons. The van der Waals surface area contributed by atoms with Crippen LogP contribution in [0.5, 0.6) is 0 Å². The van der Waals surface area contributed by atoms with Gasteiger partial charge in [-0.2, -0.15) is 0 Å². The summed E-state index contributed by atoms with van der Waals surface area (Å²) in [6, 6.07) is 4.92. The molecule has 1 saturated carbocycles. The summed E-state index contributed by atoms with van der Waals surface area (Å²) in [7, 11) is 0. The van der Waals surface area contributed by atoms with Crippen LogP contribution in [0.1, 0.15) is 45.5 Å². The Morgan fingerprint density at radius 3 is 2.80 bits per heavy atom. The summed E-state index contributed by atoms with van der Waals surface area (Å²) in [5, 5.41) is 8.05. The highest BCUT2D eigenvalue weighted by atomic mass is 16.5. The van der Waals surface area contributed by atoms with Gasteiger partial charge in [0.1, 0.15) is 5.82 Å². The zero-order valence-electron chi connectivity index (χ0n) is 17.8. The Bertz CT molecular complexity index is 1200. The van der Waals surface area contributed by atoms with Crippen molar-refractivity contribution in [3.8, 4) is 11.1 Å². The lowest BCUT2D eigenvalue weighted by Gasteiger charge is -2.35. The molecule has 0 spiro atoms. The van der Waals surface area contributed by atoms with Crippen molar-refractivity contribution in [2.45, 2.75) is 58.7 Å². The van der Waals surface area contributed by atoms with Crippen LogP contribution in [-0.4, -0.2) is 47.9 Å². The predicted octanol–water partition coefficient (Wildman–Crippen LogP) is 4.01. The first-order valence-electron chi connectivity index (χ1n) is 10.6. The first kappa shape index (κ1) is 19.0. The van der Waals surface area contributed by atoms with Crippen molar-refractivity contribution >= 4 is 22.6 Å². The third-order valence-electron chi connectivity index (χ3n) is 5.80. The summed E-state index contributed by atoms with van der Waals surface area (Å²) in [5.41, 5.74) is 4.88. The Hall–Kier alpha value is -3.00. The van der Waals surface area contributed by atoms with Crippen LogP contribution in [0.3, 0.4) is 0 Å². The fraction of sp³-hybridized carbons (Fsp3) is 0.455. The number of ether oxygens (including phenoxy) is 1. The molecule has 1 fully saturated rings. The maximum absolute atomic E-state index is 5.63. The number of aromatic nitrogens is 6. The molecule has 0 amide bonds. The molecule has 0 saturated heterocycles. The Balaban J connectivity index is 1.43. The monoisotopic (exact) mass is 405 g/mol. The Labute approximate surface area is 175 Å². The van der Waals surface area contributed by atoms with Crippen LogP contribution in [0.25, 0.3) is 27.8 Å². The van der Waals surface area contributed by atoms with Crippen LogP contribution in [0.15, 0.2) is 30.7 Å². The van der Waals surface area contributed by atoms with Crippen LogP contribution in [-0.2, 0) is 4.74 Å². The van der Waals surface area contributed by atoms with Gasteiger partial charge in [0.15, 0.2) is 5.65 Å². The van der Waals surface area contributed by atoms with Gasteiger partial charge in [-0.1, -0.05) is 0 Å². The topological polar surface area (TPSA) is 82.2 Å². The number of hydrogen-bond donors (Lipinski definition) is 1. The van der Waals surface area contributed by atoms with Crippen LogP contribution in [0.4, 0.5) is 5.95 Å². The summed E-state index contributed by atoms with van der Waals surface area (Å²) < 4.78 is 9.72. The Morgan fingerprint density at radius 2 is 2.03 bits per heavy atom. The summed E-state index contributed by atoms with van der Waals surface area (Å²) in [4.78, 5) is 13.7. The molecule has 8 nitrogen and oxygen atoms in total. The van der Waals surface area contributed by atoms with Crippen molar-refractivity contribution in [3.63, 3.8) is 0 Å². The van der Waals surface area contributed by atoms with Gasteiger partial charge in [-0.15, -0.1) is 5.10 Å². The van der Waals surface area contributed by atoms with Crippen molar-refractivity contribution in [1.82, 2.24) is 29.1 Å². The fourth-order valence-corrected chi connectivity index (χ4v) is 4.34. The maximum Gasteiger partial charge on any atom is 0.241 e. The molecule has 4 aromatic rings. The van der Waals surface area contributed by atoms with Crippen molar-refractivity contribution in [3.05, 3.63) is 36.5 Å². The lowest BCUT2D eigenvalue weighted by molar-refractivity contribution is 0.00283. The average molecular weight is 406 g/mol. The standard InChI is InChI=1S/C22H27N7O/c1-5-30-17-9-16(10-17)26-22-24-12-20-18(6-7-28(20)27-22)15-8-19-21(23-11-15)25-14(4)29(19)13(2)3/h6-8,11-13,16-17H,5,9-10H2,1-4H3,(H,26,27)/t16-,17+. The summed E-state index contributed by atoms with van der Waals surface area (Å²) in [6.07, 6.45) is 8.08. The third kappa shape index (κ3) is 3.21. The summed E-state index contributed by atoms with van der Waals surface area (Å²) >= 11 is 0. The number of anilines is 1. The van der Waals surface area contributed by atoms with Gasteiger partial charge in [-0.05, 0) is 52.7 Å². The van der Waals surface area contributed by atoms with E-state index in [1.54, 1.807) is 0 Å². The highest BCUT2D eigenvalue weighted by Crippen LogP contribution is 2.30. The molecule has 1 aliphatic rings. The summed E-state index contributed by atoms with van der Waals surface area (Å²) in [5.74, 6) is 1.62. The van der Waals surface area contributed by atoms with E-state index < -0.39 is 0 Å². The zero-order valence-corrected chi connectivity index (χ0v) is 17.8. The summed E-state index contributed by atoms with van der Waals surface area (Å²) in [6.45, 7) is 9.15. The van der Waals surface area contributed by atoms with E-state index in [2.05, 4.69) is 55.9 Å². The SMILES string of the molecule is CCO[C@H]1C[C@@H](Nc2ncc3c(-c4cnc5nc(C)n(C(C)C)c5c4)ccn3n2)C1. The number of nitrogens with one attached hydrogen (secondary N) is 1. The van der Waals surface area contributed by atoms with Gasteiger partial charge in [0, 0.05) is 42.2 Å². The second-order valence-corrected chi connectivity index (χ2v) is 8.22. The van der Waals surface area contributed by atoms with E-state index in [9.17, 15) is 0 Å². The van der Waals surface area contributed by atoms with Crippen molar-refractivity contribution in [2.75, 3.05) is 11.9 Å². The molecule has 156 valence electrons. The molecular formula is C22H27N7O. The van der Waals surface area contributed by atoms with Gasteiger partial charge >= 0.3 is 0 Å². The minimum atomic E-state index is 0.323. The van der Waals surface area contributed by atoms with Crippen molar-refractivity contribution in [2.24, 2.45) is 0 Å². The molecule has 4 heterocycles. The van der Waals surface area contributed by atoms with Crippen LogP contribution < -0.4 is 5.32 Å². The molecule has 30 heavy (non-hydrogen) atoms. The second-order valence-electron chi connectivity index (χ2n) is 8.22. The second kappa shape index (κ2) is 7.36. The lowest BCUT2D eigenvalue weighted by Crippen LogP contribution is -2.41. The smallest absolute Gasteiger partial charge is 0.241 e. The van der Waals surface area contributed by atoms with E-state index in [0.717, 1.165) is 53.1 Å².